The number of aliphatic imine (C=N–C) groups is 1. The maximum absolute atomic E-state index is 13.2. The molecular formula is C13H20F2N2. The van der Waals surface area contributed by atoms with Crippen LogP contribution >= 0.6 is 0 Å². The van der Waals surface area contributed by atoms with Crippen molar-refractivity contribution in [1.29, 1.82) is 0 Å². The molecule has 0 amide bonds. The van der Waals surface area contributed by atoms with E-state index in [1.54, 1.807) is 7.05 Å². The standard InChI is InChI=1S/C13H20F2N2/c1-16-6-9-4-2-3-5-12(9)17-7-10-11(8-17)13(10,14)15/h6,9-12H,2-5,7-8H2,1H3/t9?,10?,11?,12-/m0/s1. The zero-order valence-corrected chi connectivity index (χ0v) is 10.3. The fraction of sp³-hybridized carbons (Fsp3) is 0.923. The van der Waals surface area contributed by atoms with Crippen LogP contribution in [0, 0.1) is 17.8 Å². The highest BCUT2D eigenvalue weighted by Crippen LogP contribution is 2.60. The average Bonchev–Trinajstić information content (AvgIpc) is 2.69. The van der Waals surface area contributed by atoms with Crippen molar-refractivity contribution in [2.45, 2.75) is 37.6 Å². The number of hydrogen-bond acceptors (Lipinski definition) is 2. The van der Waals surface area contributed by atoms with E-state index in [2.05, 4.69) is 9.89 Å². The largest absolute Gasteiger partial charge is 0.301 e. The van der Waals surface area contributed by atoms with E-state index < -0.39 is 5.92 Å². The van der Waals surface area contributed by atoms with Crippen LogP contribution in [0.5, 0.6) is 0 Å². The second kappa shape index (κ2) is 4.01. The fourth-order valence-corrected chi connectivity index (χ4v) is 3.77. The lowest BCUT2D eigenvalue weighted by Crippen LogP contribution is -2.44. The maximum Gasteiger partial charge on any atom is 0.257 e. The summed E-state index contributed by atoms with van der Waals surface area (Å²) in [7, 11) is 1.81. The predicted octanol–water partition coefficient (Wildman–Crippen LogP) is 2.44. The van der Waals surface area contributed by atoms with Gasteiger partial charge < -0.3 is 4.99 Å². The number of halogens is 2. The predicted molar refractivity (Wildman–Crippen MR) is 63.7 cm³/mol. The molecule has 2 nitrogen and oxygen atoms in total. The van der Waals surface area contributed by atoms with Gasteiger partial charge in [0.25, 0.3) is 5.92 Å². The van der Waals surface area contributed by atoms with Crippen LogP contribution in [-0.2, 0) is 0 Å². The molecular weight excluding hydrogens is 222 g/mol. The topological polar surface area (TPSA) is 15.6 Å². The Kier molecular flexibility index (Phi) is 2.73. The quantitative estimate of drug-likeness (QED) is 0.679. The number of hydrogen-bond donors (Lipinski definition) is 0. The molecule has 3 aliphatic rings. The van der Waals surface area contributed by atoms with Crippen molar-refractivity contribution in [3.05, 3.63) is 0 Å². The van der Waals surface area contributed by atoms with Crippen molar-refractivity contribution in [3.63, 3.8) is 0 Å². The van der Waals surface area contributed by atoms with Gasteiger partial charge in [0.05, 0.1) is 0 Å². The third-order valence-corrected chi connectivity index (χ3v) is 4.82. The highest BCUT2D eigenvalue weighted by Gasteiger charge is 2.72. The highest BCUT2D eigenvalue weighted by atomic mass is 19.3. The first-order valence-electron chi connectivity index (χ1n) is 6.68. The number of rotatable bonds is 2. The van der Waals surface area contributed by atoms with E-state index in [0.717, 1.165) is 6.42 Å². The molecule has 17 heavy (non-hydrogen) atoms. The first-order valence-corrected chi connectivity index (χ1v) is 6.68. The van der Waals surface area contributed by atoms with Crippen molar-refractivity contribution < 1.29 is 8.78 Å². The van der Waals surface area contributed by atoms with Crippen LogP contribution in [0.3, 0.4) is 0 Å². The molecule has 0 bridgehead atoms. The summed E-state index contributed by atoms with van der Waals surface area (Å²) in [5.41, 5.74) is 0. The normalized spacial score (nSPS) is 45.1. The van der Waals surface area contributed by atoms with Crippen LogP contribution in [0.25, 0.3) is 0 Å². The second-order valence-corrected chi connectivity index (χ2v) is 5.76. The van der Waals surface area contributed by atoms with Crippen molar-refractivity contribution in [2.24, 2.45) is 22.7 Å². The third kappa shape index (κ3) is 1.81. The van der Waals surface area contributed by atoms with E-state index >= 15 is 0 Å². The van der Waals surface area contributed by atoms with Crippen LogP contribution < -0.4 is 0 Å². The summed E-state index contributed by atoms with van der Waals surface area (Å²) in [4.78, 5) is 6.44. The summed E-state index contributed by atoms with van der Waals surface area (Å²) in [5, 5.41) is 0. The van der Waals surface area contributed by atoms with Crippen molar-refractivity contribution in [3.8, 4) is 0 Å². The Balaban J connectivity index is 1.64. The van der Waals surface area contributed by atoms with E-state index in [0.29, 0.717) is 25.0 Å². The molecule has 2 aliphatic carbocycles. The molecule has 0 aromatic carbocycles. The lowest BCUT2D eigenvalue weighted by molar-refractivity contribution is 0.0342. The summed E-state index contributed by atoms with van der Waals surface area (Å²) < 4.78 is 26.3. The summed E-state index contributed by atoms with van der Waals surface area (Å²) in [6.07, 6.45) is 6.85. The summed E-state index contributed by atoms with van der Waals surface area (Å²) in [6, 6.07) is 0.469. The molecule has 1 aliphatic heterocycles. The van der Waals surface area contributed by atoms with Crippen LogP contribution in [0.15, 0.2) is 4.99 Å². The third-order valence-electron chi connectivity index (χ3n) is 4.82. The van der Waals surface area contributed by atoms with Gasteiger partial charge in [-0.25, -0.2) is 8.78 Å². The number of likely N-dealkylation sites (tertiary alicyclic amines) is 1. The molecule has 0 aromatic heterocycles. The fourth-order valence-electron chi connectivity index (χ4n) is 3.77. The van der Waals surface area contributed by atoms with Gasteiger partial charge in [0, 0.05) is 50.1 Å². The molecule has 3 rings (SSSR count). The van der Waals surface area contributed by atoms with Crippen LogP contribution in [0.1, 0.15) is 25.7 Å². The first kappa shape index (κ1) is 11.6. The van der Waals surface area contributed by atoms with E-state index in [9.17, 15) is 8.78 Å². The van der Waals surface area contributed by atoms with E-state index in [4.69, 9.17) is 0 Å². The zero-order valence-electron chi connectivity index (χ0n) is 10.3. The Bertz CT molecular complexity index is 315. The molecule has 1 saturated heterocycles. The monoisotopic (exact) mass is 242 g/mol. The van der Waals surface area contributed by atoms with Gasteiger partial charge in [-0.3, -0.25) is 4.90 Å². The molecule has 0 radical (unpaired) electrons. The Morgan fingerprint density at radius 2 is 1.82 bits per heavy atom. The van der Waals surface area contributed by atoms with Crippen molar-refractivity contribution in [1.82, 2.24) is 4.90 Å². The average molecular weight is 242 g/mol. The van der Waals surface area contributed by atoms with Gasteiger partial charge in [-0.05, 0) is 12.8 Å². The van der Waals surface area contributed by atoms with E-state index in [1.165, 1.54) is 19.3 Å². The zero-order chi connectivity index (χ0) is 12.0. The van der Waals surface area contributed by atoms with Gasteiger partial charge in [0.2, 0.25) is 0 Å². The Morgan fingerprint density at radius 1 is 1.18 bits per heavy atom. The molecule has 0 N–H and O–H groups in total. The van der Waals surface area contributed by atoms with Crippen LogP contribution in [0.2, 0.25) is 0 Å². The Hall–Kier alpha value is -0.510. The van der Waals surface area contributed by atoms with Crippen LogP contribution in [-0.4, -0.2) is 43.2 Å². The van der Waals surface area contributed by atoms with Crippen LogP contribution in [0.4, 0.5) is 8.78 Å². The van der Waals surface area contributed by atoms with Gasteiger partial charge in [-0.15, -0.1) is 0 Å². The highest BCUT2D eigenvalue weighted by molar-refractivity contribution is 5.61. The van der Waals surface area contributed by atoms with Gasteiger partial charge in [-0.1, -0.05) is 12.8 Å². The number of piperidine rings is 1. The van der Waals surface area contributed by atoms with Gasteiger partial charge >= 0.3 is 0 Å². The Morgan fingerprint density at radius 3 is 2.47 bits per heavy atom. The van der Waals surface area contributed by atoms with Gasteiger partial charge in [0.1, 0.15) is 0 Å². The smallest absolute Gasteiger partial charge is 0.257 e. The number of nitrogens with zero attached hydrogens (tertiary/aromatic N) is 2. The molecule has 3 unspecified atom stereocenters. The molecule has 3 fully saturated rings. The Labute approximate surface area is 101 Å². The lowest BCUT2D eigenvalue weighted by Gasteiger charge is -2.37. The van der Waals surface area contributed by atoms with E-state index in [1.807, 2.05) is 6.21 Å². The van der Waals surface area contributed by atoms with Gasteiger partial charge in [-0.2, -0.15) is 0 Å². The number of alkyl halides is 2. The maximum atomic E-state index is 13.2. The molecule has 0 spiro atoms. The molecule has 1 heterocycles. The summed E-state index contributed by atoms with van der Waals surface area (Å²) in [6.45, 7) is 1.22. The first-order chi connectivity index (χ1) is 8.14. The summed E-state index contributed by atoms with van der Waals surface area (Å²) >= 11 is 0. The minimum absolute atomic E-state index is 0.344. The lowest BCUT2D eigenvalue weighted by atomic mass is 9.84. The molecule has 0 aromatic rings. The molecule has 4 atom stereocenters. The second-order valence-electron chi connectivity index (χ2n) is 5.76. The van der Waals surface area contributed by atoms with Crippen molar-refractivity contribution >= 4 is 6.21 Å². The molecule has 4 heteroatoms. The molecule has 2 saturated carbocycles. The molecule has 96 valence electrons. The SMILES string of the molecule is CN=CC1CCCC[C@@H]1N1CC2C(C1)C2(F)F. The minimum Gasteiger partial charge on any atom is -0.301 e. The minimum atomic E-state index is -2.35. The van der Waals surface area contributed by atoms with E-state index in [-0.39, 0.29) is 11.8 Å². The van der Waals surface area contributed by atoms with Gasteiger partial charge in [0.15, 0.2) is 0 Å². The summed E-state index contributed by atoms with van der Waals surface area (Å²) in [5.74, 6) is -2.55. The number of fused-ring (bicyclic) bond motifs is 1. The van der Waals surface area contributed by atoms with Crippen molar-refractivity contribution in [2.75, 3.05) is 20.1 Å².